The van der Waals surface area contributed by atoms with Crippen LogP contribution in [0.15, 0.2) is 18.2 Å². The number of ether oxygens (including phenoxy) is 2. The highest BCUT2D eigenvalue weighted by atomic mass is 16.5. The summed E-state index contributed by atoms with van der Waals surface area (Å²) in [5, 5.41) is 3.22. The van der Waals surface area contributed by atoms with Gasteiger partial charge in [0.2, 0.25) is 0 Å². The van der Waals surface area contributed by atoms with E-state index < -0.39 is 0 Å². The normalized spacial score (nSPS) is 18.9. The van der Waals surface area contributed by atoms with Gasteiger partial charge in [0.1, 0.15) is 0 Å². The highest BCUT2D eigenvalue weighted by molar-refractivity contribution is 5.95. The second-order valence-electron chi connectivity index (χ2n) is 6.01. The van der Waals surface area contributed by atoms with E-state index >= 15 is 0 Å². The third-order valence-electron chi connectivity index (χ3n) is 4.39. The molecule has 0 aliphatic carbocycles. The Balaban J connectivity index is 1.66. The number of rotatable bonds is 3. The summed E-state index contributed by atoms with van der Waals surface area (Å²) in [5.41, 5.74) is 0.691. The maximum Gasteiger partial charge on any atom is 0.253 e. The Morgan fingerprint density at radius 3 is 2.68 bits per heavy atom. The number of carbonyl (C=O) groups is 1. The van der Waals surface area contributed by atoms with Gasteiger partial charge in [-0.25, -0.2) is 0 Å². The number of nitrogens with one attached hydrogen (secondary N) is 1. The zero-order valence-electron chi connectivity index (χ0n) is 13.1. The molecular weight excluding hydrogens is 280 g/mol. The lowest BCUT2D eigenvalue weighted by Crippen LogP contribution is -2.40. The average molecular weight is 304 g/mol. The SMILES string of the molecule is CNCC1CCN(C(=O)c2ccc3c(c2)OCCCO3)CC1. The smallest absolute Gasteiger partial charge is 0.253 e. The van der Waals surface area contributed by atoms with Crippen LogP contribution in [0.1, 0.15) is 29.6 Å². The number of piperidine rings is 1. The predicted octanol–water partition coefficient (Wildman–Crippen LogP) is 1.92. The molecule has 1 aromatic carbocycles. The van der Waals surface area contributed by atoms with Crippen LogP contribution < -0.4 is 14.8 Å². The number of carbonyl (C=O) groups excluding carboxylic acids is 1. The predicted molar refractivity (Wildman–Crippen MR) is 84.6 cm³/mol. The molecule has 1 aromatic rings. The summed E-state index contributed by atoms with van der Waals surface area (Å²) in [4.78, 5) is 14.6. The Bertz CT molecular complexity index is 525. The Labute approximate surface area is 131 Å². The number of amides is 1. The van der Waals surface area contributed by atoms with Crippen LogP contribution in [0.4, 0.5) is 0 Å². The van der Waals surface area contributed by atoms with Gasteiger partial charge in [0.05, 0.1) is 13.2 Å². The number of fused-ring (bicyclic) bond motifs is 1. The number of likely N-dealkylation sites (tertiary alicyclic amines) is 1. The maximum atomic E-state index is 12.6. The molecule has 2 aliphatic heterocycles. The minimum absolute atomic E-state index is 0.0959. The Morgan fingerprint density at radius 2 is 1.95 bits per heavy atom. The van der Waals surface area contributed by atoms with E-state index in [-0.39, 0.29) is 5.91 Å². The van der Waals surface area contributed by atoms with Crippen molar-refractivity contribution < 1.29 is 14.3 Å². The van der Waals surface area contributed by atoms with Crippen LogP contribution in [0.3, 0.4) is 0 Å². The van der Waals surface area contributed by atoms with Gasteiger partial charge < -0.3 is 19.7 Å². The molecule has 5 nitrogen and oxygen atoms in total. The number of benzene rings is 1. The fourth-order valence-electron chi connectivity index (χ4n) is 3.11. The summed E-state index contributed by atoms with van der Waals surface area (Å²) >= 11 is 0. The van der Waals surface area contributed by atoms with Crippen LogP contribution in [0.5, 0.6) is 11.5 Å². The Morgan fingerprint density at radius 1 is 1.23 bits per heavy atom. The molecule has 1 N–H and O–H groups in total. The van der Waals surface area contributed by atoms with Gasteiger partial charge in [-0.1, -0.05) is 0 Å². The van der Waals surface area contributed by atoms with Gasteiger partial charge in [0.25, 0.3) is 5.91 Å². The molecule has 2 heterocycles. The highest BCUT2D eigenvalue weighted by Gasteiger charge is 2.24. The van der Waals surface area contributed by atoms with Crippen molar-refractivity contribution >= 4 is 5.91 Å². The van der Waals surface area contributed by atoms with Crippen molar-refractivity contribution in [3.8, 4) is 11.5 Å². The van der Waals surface area contributed by atoms with Gasteiger partial charge in [0.15, 0.2) is 11.5 Å². The molecule has 1 fully saturated rings. The number of hydrogen-bond acceptors (Lipinski definition) is 4. The average Bonchev–Trinajstić information content (AvgIpc) is 2.80. The molecule has 22 heavy (non-hydrogen) atoms. The molecule has 5 heteroatoms. The molecule has 1 saturated heterocycles. The first-order valence-corrected chi connectivity index (χ1v) is 8.11. The first kappa shape index (κ1) is 15.2. The summed E-state index contributed by atoms with van der Waals surface area (Å²) in [6.45, 7) is 4.00. The van der Waals surface area contributed by atoms with Crippen molar-refractivity contribution in [2.45, 2.75) is 19.3 Å². The van der Waals surface area contributed by atoms with Crippen molar-refractivity contribution in [3.05, 3.63) is 23.8 Å². The summed E-state index contributed by atoms with van der Waals surface area (Å²) < 4.78 is 11.3. The molecule has 2 aliphatic rings. The molecule has 0 bridgehead atoms. The Kier molecular flexibility index (Phi) is 4.83. The summed E-state index contributed by atoms with van der Waals surface area (Å²) in [6.07, 6.45) is 3.01. The van der Waals surface area contributed by atoms with Gasteiger partial charge in [-0.3, -0.25) is 4.79 Å². The van der Waals surface area contributed by atoms with Gasteiger partial charge in [0, 0.05) is 25.1 Å². The van der Waals surface area contributed by atoms with E-state index in [1.54, 1.807) is 0 Å². The summed E-state index contributed by atoms with van der Waals surface area (Å²) in [5.74, 6) is 2.20. The quantitative estimate of drug-likeness (QED) is 0.927. The number of hydrogen-bond donors (Lipinski definition) is 1. The molecule has 1 amide bonds. The van der Waals surface area contributed by atoms with E-state index in [0.717, 1.165) is 44.6 Å². The molecule has 3 rings (SSSR count). The second-order valence-corrected chi connectivity index (χ2v) is 6.01. The zero-order chi connectivity index (χ0) is 15.4. The summed E-state index contributed by atoms with van der Waals surface area (Å²) in [6, 6.07) is 5.51. The largest absolute Gasteiger partial charge is 0.490 e. The lowest BCUT2D eigenvalue weighted by atomic mass is 9.96. The monoisotopic (exact) mass is 304 g/mol. The topological polar surface area (TPSA) is 50.8 Å². The van der Waals surface area contributed by atoms with E-state index in [0.29, 0.717) is 30.4 Å². The van der Waals surface area contributed by atoms with Crippen molar-refractivity contribution in [2.24, 2.45) is 5.92 Å². The van der Waals surface area contributed by atoms with E-state index in [1.807, 2.05) is 30.1 Å². The summed E-state index contributed by atoms with van der Waals surface area (Å²) in [7, 11) is 1.98. The third kappa shape index (κ3) is 3.35. The molecule has 120 valence electrons. The molecule has 0 atom stereocenters. The fourth-order valence-corrected chi connectivity index (χ4v) is 3.11. The van der Waals surface area contributed by atoms with E-state index in [1.165, 1.54) is 0 Å². The fraction of sp³-hybridized carbons (Fsp3) is 0.588. The van der Waals surface area contributed by atoms with Crippen LogP contribution in [-0.4, -0.2) is 50.7 Å². The van der Waals surface area contributed by atoms with Gasteiger partial charge in [-0.05, 0) is 50.6 Å². The molecule has 0 spiro atoms. The molecule has 0 radical (unpaired) electrons. The lowest BCUT2D eigenvalue weighted by molar-refractivity contribution is 0.0690. The standard InChI is InChI=1S/C17H24N2O3/c1-18-12-13-5-7-19(8-6-13)17(20)14-3-4-15-16(11-14)22-10-2-9-21-15/h3-4,11,13,18H,2,5-10,12H2,1H3. The second kappa shape index (κ2) is 7.01. The van der Waals surface area contributed by atoms with Crippen LogP contribution in [0.25, 0.3) is 0 Å². The van der Waals surface area contributed by atoms with Crippen LogP contribution in [-0.2, 0) is 0 Å². The van der Waals surface area contributed by atoms with E-state index in [9.17, 15) is 4.79 Å². The highest BCUT2D eigenvalue weighted by Crippen LogP contribution is 2.31. The lowest BCUT2D eigenvalue weighted by Gasteiger charge is -2.32. The first-order chi connectivity index (χ1) is 10.8. The maximum absolute atomic E-state index is 12.6. The van der Waals surface area contributed by atoms with Crippen LogP contribution in [0.2, 0.25) is 0 Å². The molecular formula is C17H24N2O3. The van der Waals surface area contributed by atoms with Crippen LogP contribution >= 0.6 is 0 Å². The third-order valence-corrected chi connectivity index (χ3v) is 4.39. The van der Waals surface area contributed by atoms with Crippen molar-refractivity contribution in [2.75, 3.05) is 39.9 Å². The van der Waals surface area contributed by atoms with Gasteiger partial charge in [-0.2, -0.15) is 0 Å². The molecule has 0 saturated carbocycles. The Hall–Kier alpha value is -1.75. The first-order valence-electron chi connectivity index (χ1n) is 8.11. The van der Waals surface area contributed by atoms with Gasteiger partial charge in [-0.15, -0.1) is 0 Å². The van der Waals surface area contributed by atoms with E-state index in [2.05, 4.69) is 5.32 Å². The van der Waals surface area contributed by atoms with E-state index in [4.69, 9.17) is 9.47 Å². The van der Waals surface area contributed by atoms with Crippen molar-refractivity contribution in [3.63, 3.8) is 0 Å². The minimum atomic E-state index is 0.0959. The minimum Gasteiger partial charge on any atom is -0.490 e. The van der Waals surface area contributed by atoms with Crippen molar-refractivity contribution in [1.82, 2.24) is 10.2 Å². The molecule has 0 unspecified atom stereocenters. The molecule has 0 aromatic heterocycles. The zero-order valence-corrected chi connectivity index (χ0v) is 13.1. The van der Waals surface area contributed by atoms with Crippen LogP contribution in [0, 0.1) is 5.92 Å². The number of nitrogens with zero attached hydrogens (tertiary/aromatic N) is 1. The van der Waals surface area contributed by atoms with Gasteiger partial charge >= 0.3 is 0 Å². The van der Waals surface area contributed by atoms with Crippen molar-refractivity contribution in [1.29, 1.82) is 0 Å².